The summed E-state index contributed by atoms with van der Waals surface area (Å²) in [6.45, 7) is 3.75. The summed E-state index contributed by atoms with van der Waals surface area (Å²) in [4.78, 5) is 24.7. The van der Waals surface area contributed by atoms with Gasteiger partial charge in [0.15, 0.2) is 0 Å². The highest BCUT2D eigenvalue weighted by Gasteiger charge is 2.34. The molecule has 0 saturated carbocycles. The Hall–Kier alpha value is -1.64. The Bertz CT molecular complexity index is 426. The van der Waals surface area contributed by atoms with Gasteiger partial charge in [-0.2, -0.15) is 5.48 Å². The maximum absolute atomic E-state index is 11.9. The lowest BCUT2D eigenvalue weighted by Crippen LogP contribution is -2.53. The lowest BCUT2D eigenvalue weighted by Gasteiger charge is -2.30. The van der Waals surface area contributed by atoms with Crippen LogP contribution in [0.3, 0.4) is 0 Å². The van der Waals surface area contributed by atoms with Crippen LogP contribution < -0.4 is 10.8 Å². The Morgan fingerprint density at radius 2 is 2.38 bits per heavy atom. The third-order valence-corrected chi connectivity index (χ3v) is 3.37. The van der Waals surface area contributed by atoms with E-state index in [0.717, 1.165) is 6.42 Å². The van der Waals surface area contributed by atoms with Crippen LogP contribution in [-0.2, 0) is 14.3 Å². The summed E-state index contributed by atoms with van der Waals surface area (Å²) < 4.78 is 10.9. The fourth-order valence-corrected chi connectivity index (χ4v) is 2.16. The SMILES string of the molecule is CC(C)C(=O)OC[C@@H]1CC[C@H](N2C=CC(NO)NC2=O)O1. The summed E-state index contributed by atoms with van der Waals surface area (Å²) in [7, 11) is 0. The summed E-state index contributed by atoms with van der Waals surface area (Å²) >= 11 is 0. The number of hydrogen-bond acceptors (Lipinski definition) is 6. The number of amides is 2. The molecule has 3 atom stereocenters. The van der Waals surface area contributed by atoms with E-state index in [2.05, 4.69) is 5.32 Å². The van der Waals surface area contributed by atoms with Crippen LogP contribution in [-0.4, -0.2) is 47.2 Å². The van der Waals surface area contributed by atoms with Crippen LogP contribution in [0, 0.1) is 5.92 Å². The molecule has 0 bridgehead atoms. The van der Waals surface area contributed by atoms with E-state index in [1.807, 2.05) is 5.48 Å². The molecule has 1 fully saturated rings. The van der Waals surface area contributed by atoms with E-state index in [1.165, 1.54) is 4.90 Å². The molecular formula is C13H21N3O5. The summed E-state index contributed by atoms with van der Waals surface area (Å²) in [5, 5.41) is 11.3. The number of esters is 1. The minimum atomic E-state index is -0.599. The maximum Gasteiger partial charge on any atom is 0.325 e. The normalized spacial score (nSPS) is 28.9. The van der Waals surface area contributed by atoms with Crippen molar-refractivity contribution < 1.29 is 24.3 Å². The summed E-state index contributed by atoms with van der Waals surface area (Å²) in [5.74, 6) is -0.421. The van der Waals surface area contributed by atoms with E-state index in [1.54, 1.807) is 26.1 Å². The topological polar surface area (TPSA) is 100 Å². The van der Waals surface area contributed by atoms with Crippen molar-refractivity contribution in [1.29, 1.82) is 0 Å². The minimum absolute atomic E-state index is 0.166. The average molecular weight is 299 g/mol. The van der Waals surface area contributed by atoms with Gasteiger partial charge in [0.2, 0.25) is 0 Å². The molecule has 0 aromatic heterocycles. The predicted molar refractivity (Wildman–Crippen MR) is 71.9 cm³/mol. The molecule has 8 heteroatoms. The van der Waals surface area contributed by atoms with Crippen LogP contribution in [0.5, 0.6) is 0 Å². The van der Waals surface area contributed by atoms with Gasteiger partial charge in [-0.05, 0) is 18.9 Å². The molecule has 2 aliphatic heterocycles. The third kappa shape index (κ3) is 3.93. The number of hydrogen-bond donors (Lipinski definition) is 3. The fraction of sp³-hybridized carbons (Fsp3) is 0.692. The van der Waals surface area contributed by atoms with E-state index in [9.17, 15) is 9.59 Å². The molecule has 3 N–H and O–H groups in total. The molecule has 8 nitrogen and oxygen atoms in total. The number of carbonyl (C=O) groups is 2. The first-order valence-electron chi connectivity index (χ1n) is 7.00. The van der Waals surface area contributed by atoms with Gasteiger partial charge in [-0.15, -0.1) is 0 Å². The molecule has 1 saturated heterocycles. The number of nitrogens with zero attached hydrogens (tertiary/aromatic N) is 1. The highest BCUT2D eigenvalue weighted by atomic mass is 16.6. The monoisotopic (exact) mass is 299 g/mol. The molecule has 0 aromatic rings. The molecule has 2 rings (SSSR count). The first-order valence-corrected chi connectivity index (χ1v) is 7.00. The van der Waals surface area contributed by atoms with Crippen LogP contribution in [0.15, 0.2) is 12.3 Å². The number of rotatable bonds is 5. The van der Waals surface area contributed by atoms with Crippen LogP contribution >= 0.6 is 0 Å². The van der Waals surface area contributed by atoms with Gasteiger partial charge in [0.05, 0.1) is 12.0 Å². The number of ether oxygens (including phenoxy) is 2. The first kappa shape index (κ1) is 15.7. The van der Waals surface area contributed by atoms with Crippen molar-refractivity contribution >= 4 is 12.0 Å². The van der Waals surface area contributed by atoms with E-state index in [0.29, 0.717) is 6.42 Å². The zero-order chi connectivity index (χ0) is 15.4. The van der Waals surface area contributed by atoms with Gasteiger partial charge in [-0.1, -0.05) is 13.8 Å². The van der Waals surface area contributed by atoms with Gasteiger partial charge in [-0.25, -0.2) is 4.79 Å². The Morgan fingerprint density at radius 1 is 1.62 bits per heavy atom. The number of carbonyl (C=O) groups excluding carboxylic acids is 2. The molecule has 21 heavy (non-hydrogen) atoms. The minimum Gasteiger partial charge on any atom is -0.463 e. The summed E-state index contributed by atoms with van der Waals surface area (Å²) in [6.07, 6.45) is 3.37. The lowest BCUT2D eigenvalue weighted by atomic mass is 10.2. The molecule has 1 unspecified atom stereocenters. The van der Waals surface area contributed by atoms with Crippen molar-refractivity contribution in [2.24, 2.45) is 5.92 Å². The van der Waals surface area contributed by atoms with Gasteiger partial charge in [0, 0.05) is 6.20 Å². The average Bonchev–Trinajstić information content (AvgIpc) is 2.92. The van der Waals surface area contributed by atoms with Gasteiger partial charge in [0.1, 0.15) is 19.0 Å². The second-order valence-corrected chi connectivity index (χ2v) is 5.38. The van der Waals surface area contributed by atoms with Crippen LogP contribution in [0.4, 0.5) is 4.79 Å². The number of nitrogens with one attached hydrogen (secondary N) is 2. The first-order chi connectivity index (χ1) is 10.0. The third-order valence-electron chi connectivity index (χ3n) is 3.37. The Labute approximate surface area is 123 Å². The van der Waals surface area contributed by atoms with Crippen molar-refractivity contribution in [2.45, 2.75) is 45.2 Å². The van der Waals surface area contributed by atoms with Crippen LogP contribution in [0.1, 0.15) is 26.7 Å². The van der Waals surface area contributed by atoms with Crippen molar-refractivity contribution in [2.75, 3.05) is 6.61 Å². The lowest BCUT2D eigenvalue weighted by molar-refractivity contribution is -0.152. The zero-order valence-electron chi connectivity index (χ0n) is 12.1. The molecule has 2 amide bonds. The maximum atomic E-state index is 11.9. The largest absolute Gasteiger partial charge is 0.463 e. The Balaban J connectivity index is 1.82. The zero-order valence-corrected chi connectivity index (χ0v) is 12.1. The predicted octanol–water partition coefficient (Wildman–Crippen LogP) is 0.534. The number of hydroxylamine groups is 1. The van der Waals surface area contributed by atoms with Crippen LogP contribution in [0.2, 0.25) is 0 Å². The van der Waals surface area contributed by atoms with Crippen molar-refractivity contribution in [3.05, 3.63) is 12.3 Å². The quantitative estimate of drug-likeness (QED) is 0.506. The molecule has 0 aromatic carbocycles. The number of urea groups is 1. The second-order valence-electron chi connectivity index (χ2n) is 5.38. The molecule has 0 aliphatic carbocycles. The molecule has 118 valence electrons. The van der Waals surface area contributed by atoms with Gasteiger partial charge in [0.25, 0.3) is 0 Å². The molecule has 0 spiro atoms. The molecule has 2 aliphatic rings. The highest BCUT2D eigenvalue weighted by molar-refractivity contribution is 5.77. The van der Waals surface area contributed by atoms with Crippen molar-refractivity contribution in [1.82, 2.24) is 15.7 Å². The molecule has 0 radical (unpaired) electrons. The molecular weight excluding hydrogens is 278 g/mol. The molecule has 2 heterocycles. The summed E-state index contributed by atoms with van der Waals surface area (Å²) in [6, 6.07) is -0.353. The van der Waals surface area contributed by atoms with Crippen LogP contribution in [0.25, 0.3) is 0 Å². The summed E-state index contributed by atoms with van der Waals surface area (Å²) in [5.41, 5.74) is 1.95. The Morgan fingerprint density at radius 3 is 3.00 bits per heavy atom. The van der Waals surface area contributed by atoms with Gasteiger partial charge in [-0.3, -0.25) is 9.69 Å². The van der Waals surface area contributed by atoms with E-state index in [4.69, 9.17) is 14.7 Å². The second kappa shape index (κ2) is 6.88. The smallest absolute Gasteiger partial charge is 0.325 e. The van der Waals surface area contributed by atoms with E-state index < -0.39 is 6.17 Å². The van der Waals surface area contributed by atoms with Gasteiger partial charge < -0.3 is 20.0 Å². The standard InChI is InChI=1S/C13H21N3O5/c1-8(2)12(17)20-7-9-3-4-11(21-9)16-6-5-10(15-19)14-13(16)18/h5-6,8-11,15,19H,3-4,7H2,1-2H3,(H,14,18)/t9-,10?,11+/m0/s1. The van der Waals surface area contributed by atoms with E-state index >= 15 is 0 Å². The van der Waals surface area contributed by atoms with Gasteiger partial charge >= 0.3 is 12.0 Å². The van der Waals surface area contributed by atoms with Crippen molar-refractivity contribution in [3.63, 3.8) is 0 Å². The van der Waals surface area contributed by atoms with Crippen molar-refractivity contribution in [3.8, 4) is 0 Å². The van der Waals surface area contributed by atoms with E-state index in [-0.39, 0.29) is 36.9 Å². The fourth-order valence-electron chi connectivity index (χ4n) is 2.16. The highest BCUT2D eigenvalue weighted by Crippen LogP contribution is 2.24. The Kier molecular flexibility index (Phi) is 5.16.